The molecule has 2 aromatic heterocycles. The van der Waals surface area contributed by atoms with Gasteiger partial charge in [-0.05, 0) is 87.8 Å². The molecule has 1 aliphatic rings. The van der Waals surface area contributed by atoms with Crippen molar-refractivity contribution in [2.75, 3.05) is 0 Å². The van der Waals surface area contributed by atoms with Gasteiger partial charge in [-0.15, -0.1) is 11.3 Å². The van der Waals surface area contributed by atoms with Gasteiger partial charge in [0.15, 0.2) is 0 Å². The molecule has 0 atom stereocenters. The van der Waals surface area contributed by atoms with Crippen LogP contribution in [0.4, 0.5) is 0 Å². The summed E-state index contributed by atoms with van der Waals surface area (Å²) in [5.74, 6) is 0. The molecule has 0 aliphatic heterocycles. The molecule has 10 aromatic rings. The fourth-order valence-corrected chi connectivity index (χ4v) is 10.4. The van der Waals surface area contributed by atoms with Crippen molar-refractivity contribution in [3.8, 4) is 16.8 Å². The van der Waals surface area contributed by atoms with Gasteiger partial charge in [-0.2, -0.15) is 0 Å². The normalized spacial score (nSPS) is 13.9. The van der Waals surface area contributed by atoms with Gasteiger partial charge in [0.25, 0.3) is 0 Å². The molecule has 11 rings (SSSR count). The molecular formula is C53H38N2S. The van der Waals surface area contributed by atoms with E-state index in [0.717, 1.165) is 33.1 Å². The third-order valence-electron chi connectivity index (χ3n) is 12.1. The summed E-state index contributed by atoms with van der Waals surface area (Å²) < 4.78 is 5.11. The highest BCUT2D eigenvalue weighted by Gasteiger charge is 2.32. The van der Waals surface area contributed by atoms with E-state index in [2.05, 4.69) is 196 Å². The number of hydrogen-bond acceptors (Lipinski definition) is 2. The molecule has 2 nitrogen and oxygen atoms in total. The summed E-state index contributed by atoms with van der Waals surface area (Å²) in [6.45, 7) is 11.2. The average Bonchev–Trinajstić information content (AvgIpc) is 3.78. The Hall–Kier alpha value is -6.55. The Bertz CT molecular complexity index is 3430. The van der Waals surface area contributed by atoms with Crippen LogP contribution in [-0.2, 0) is 5.41 Å². The second-order valence-corrected chi connectivity index (χ2v) is 16.7. The maximum atomic E-state index is 5.48. The zero-order valence-corrected chi connectivity index (χ0v) is 32.4. The molecule has 2 heterocycles. The highest BCUT2D eigenvalue weighted by molar-refractivity contribution is 7.25. The van der Waals surface area contributed by atoms with Crippen molar-refractivity contribution < 1.29 is 0 Å². The van der Waals surface area contributed by atoms with Crippen molar-refractivity contribution >= 4 is 82.1 Å². The molecule has 266 valence electrons. The highest BCUT2D eigenvalue weighted by atomic mass is 32.1. The first-order valence-electron chi connectivity index (χ1n) is 19.3. The fourth-order valence-electron chi connectivity index (χ4n) is 9.27. The molecule has 8 aromatic carbocycles. The summed E-state index contributed by atoms with van der Waals surface area (Å²) in [4.78, 5) is 5.48. The van der Waals surface area contributed by atoms with Crippen LogP contribution in [0.3, 0.4) is 0 Å². The van der Waals surface area contributed by atoms with Crippen LogP contribution < -0.4 is 10.4 Å². The van der Waals surface area contributed by atoms with Crippen LogP contribution >= 0.6 is 11.3 Å². The SMILES string of the molecule is C=c1cccc2c1=C(N=C(C)c1cccc(-n3c4ccc(-c5ccc6sc7ccccc7c6c5)cc4c4ccc5ccccc5c43)c1)c1ccccc1C2(C)C. The Morgan fingerprint density at radius 1 is 0.589 bits per heavy atom. The molecule has 0 fully saturated rings. The average molecular weight is 735 g/mol. The lowest BCUT2D eigenvalue weighted by Gasteiger charge is -2.33. The number of aliphatic imine (C=N–C) groups is 1. The molecule has 0 radical (unpaired) electrons. The summed E-state index contributed by atoms with van der Waals surface area (Å²) in [6.07, 6.45) is 0. The van der Waals surface area contributed by atoms with Gasteiger partial charge in [0.2, 0.25) is 0 Å². The molecule has 0 bridgehead atoms. The van der Waals surface area contributed by atoms with Crippen molar-refractivity contribution in [2.24, 2.45) is 4.99 Å². The zero-order chi connectivity index (χ0) is 37.7. The number of nitrogens with zero attached hydrogens (tertiary/aromatic N) is 2. The van der Waals surface area contributed by atoms with E-state index >= 15 is 0 Å². The van der Waals surface area contributed by atoms with E-state index in [1.807, 2.05) is 11.3 Å². The van der Waals surface area contributed by atoms with E-state index in [9.17, 15) is 0 Å². The van der Waals surface area contributed by atoms with Gasteiger partial charge in [-0.1, -0.05) is 142 Å². The Kier molecular flexibility index (Phi) is 7.17. The van der Waals surface area contributed by atoms with Crippen LogP contribution in [0.1, 0.15) is 43.0 Å². The second kappa shape index (κ2) is 12.2. The van der Waals surface area contributed by atoms with E-state index < -0.39 is 0 Å². The minimum absolute atomic E-state index is 0.156. The van der Waals surface area contributed by atoms with Crippen molar-refractivity contribution in [1.29, 1.82) is 0 Å². The van der Waals surface area contributed by atoms with Gasteiger partial charge in [0, 0.05) is 63.9 Å². The Balaban J connectivity index is 1.11. The van der Waals surface area contributed by atoms with Crippen molar-refractivity contribution in [3.05, 3.63) is 196 Å². The number of rotatable bonds is 4. The van der Waals surface area contributed by atoms with E-state index in [-0.39, 0.29) is 5.41 Å². The van der Waals surface area contributed by atoms with Crippen molar-refractivity contribution in [2.45, 2.75) is 26.2 Å². The first kappa shape index (κ1) is 32.8. The van der Waals surface area contributed by atoms with Crippen molar-refractivity contribution in [3.63, 3.8) is 0 Å². The third-order valence-corrected chi connectivity index (χ3v) is 13.2. The van der Waals surface area contributed by atoms with Crippen LogP contribution in [-0.4, -0.2) is 10.3 Å². The maximum absolute atomic E-state index is 5.48. The summed E-state index contributed by atoms with van der Waals surface area (Å²) in [6, 6.07) is 60.1. The quantitative estimate of drug-likeness (QED) is 0.160. The minimum Gasteiger partial charge on any atom is -0.309 e. The van der Waals surface area contributed by atoms with Gasteiger partial charge in [0.05, 0.1) is 16.7 Å². The highest BCUT2D eigenvalue weighted by Crippen LogP contribution is 2.41. The monoisotopic (exact) mass is 734 g/mol. The third kappa shape index (κ3) is 4.84. The minimum atomic E-state index is -0.156. The van der Waals surface area contributed by atoms with Crippen LogP contribution in [0.25, 0.3) is 81.8 Å². The van der Waals surface area contributed by atoms with E-state index in [1.165, 1.54) is 80.6 Å². The largest absolute Gasteiger partial charge is 0.309 e. The number of benzene rings is 8. The summed E-state index contributed by atoms with van der Waals surface area (Å²) in [5, 5.41) is 9.74. The number of thiophene rings is 1. The molecule has 0 amide bonds. The summed E-state index contributed by atoms with van der Waals surface area (Å²) in [5.41, 5.74) is 12.6. The van der Waals surface area contributed by atoms with E-state index in [4.69, 9.17) is 4.99 Å². The van der Waals surface area contributed by atoms with Crippen LogP contribution in [0, 0.1) is 0 Å². The molecule has 56 heavy (non-hydrogen) atoms. The number of hydrogen-bond donors (Lipinski definition) is 0. The smallest absolute Gasteiger partial charge is 0.0789 e. The van der Waals surface area contributed by atoms with E-state index in [1.54, 1.807) is 0 Å². The molecule has 0 spiro atoms. The van der Waals surface area contributed by atoms with Gasteiger partial charge in [0.1, 0.15) is 0 Å². The first-order valence-corrected chi connectivity index (χ1v) is 20.1. The molecular weight excluding hydrogens is 697 g/mol. The maximum Gasteiger partial charge on any atom is 0.0789 e. The molecule has 0 saturated heterocycles. The summed E-state index contributed by atoms with van der Waals surface area (Å²) >= 11 is 1.86. The van der Waals surface area contributed by atoms with Crippen LogP contribution in [0.5, 0.6) is 0 Å². The molecule has 0 unspecified atom stereocenters. The van der Waals surface area contributed by atoms with Gasteiger partial charge >= 0.3 is 0 Å². The number of fused-ring (bicyclic) bond motifs is 10. The van der Waals surface area contributed by atoms with Crippen molar-refractivity contribution in [1.82, 2.24) is 4.57 Å². The summed E-state index contributed by atoms with van der Waals surface area (Å²) in [7, 11) is 0. The topological polar surface area (TPSA) is 17.3 Å². The molecule has 1 aliphatic carbocycles. The van der Waals surface area contributed by atoms with Crippen LogP contribution in [0.2, 0.25) is 0 Å². The first-order chi connectivity index (χ1) is 27.3. The Morgan fingerprint density at radius 2 is 1.30 bits per heavy atom. The van der Waals surface area contributed by atoms with Gasteiger partial charge < -0.3 is 4.57 Å². The molecule has 0 saturated carbocycles. The Morgan fingerprint density at radius 3 is 2.20 bits per heavy atom. The lowest BCUT2D eigenvalue weighted by molar-refractivity contribution is 0.626. The lowest BCUT2D eigenvalue weighted by atomic mass is 9.71. The standard InChI is InChI=1S/C53H38N2S/c1-32-13-11-21-46-50(32)51(42-19-7-9-20-45(42)53(46,3)4)54-33(2)35-15-12-16-38(29-35)55-47-27-24-36(30-43(47)41-26-23-34-14-5-6-17-39(34)52(41)55)37-25-28-49-44(31-37)40-18-8-10-22-48(40)56-49/h5-31H,1H2,2-4H3. The Labute approximate surface area is 329 Å². The fraction of sp³-hybridized carbons (Fsp3) is 0.0755. The molecule has 0 N–H and O–H groups in total. The van der Waals surface area contributed by atoms with Gasteiger partial charge in [-0.25, -0.2) is 0 Å². The van der Waals surface area contributed by atoms with Gasteiger partial charge in [-0.3, -0.25) is 4.99 Å². The lowest BCUT2D eigenvalue weighted by Crippen LogP contribution is -2.40. The van der Waals surface area contributed by atoms with E-state index in [0.29, 0.717) is 0 Å². The number of aromatic nitrogens is 1. The zero-order valence-electron chi connectivity index (χ0n) is 31.6. The van der Waals surface area contributed by atoms with Crippen LogP contribution in [0.15, 0.2) is 169 Å². The second-order valence-electron chi connectivity index (χ2n) is 15.7. The molecule has 3 heteroatoms. The predicted octanol–water partition coefficient (Wildman–Crippen LogP) is 12.7. The predicted molar refractivity (Wildman–Crippen MR) is 241 cm³/mol.